The van der Waals surface area contributed by atoms with E-state index in [0.717, 1.165) is 43.8 Å². The molecule has 0 saturated carbocycles. The zero-order valence-electron chi connectivity index (χ0n) is 12.2. The Morgan fingerprint density at radius 2 is 2.40 bits per heavy atom. The molecule has 0 spiro atoms. The van der Waals surface area contributed by atoms with Crippen molar-refractivity contribution in [3.8, 4) is 0 Å². The first-order valence-electron chi connectivity index (χ1n) is 7.17. The molecule has 2 rings (SSSR count). The van der Waals surface area contributed by atoms with Gasteiger partial charge in [0.25, 0.3) is 0 Å². The Kier molecular flexibility index (Phi) is 5.40. The van der Waals surface area contributed by atoms with Crippen molar-refractivity contribution in [2.75, 3.05) is 26.7 Å². The van der Waals surface area contributed by atoms with E-state index in [4.69, 9.17) is 9.26 Å². The number of nitrogens with zero attached hydrogens (tertiary/aromatic N) is 2. The van der Waals surface area contributed by atoms with E-state index in [9.17, 15) is 4.79 Å². The number of carbonyl (C=O) groups excluding carboxylic acids is 1. The minimum Gasteiger partial charge on any atom is -0.381 e. The van der Waals surface area contributed by atoms with Gasteiger partial charge in [0.2, 0.25) is 0 Å². The molecule has 1 N–H and O–H groups in total. The molecule has 6 nitrogen and oxygen atoms in total. The lowest BCUT2D eigenvalue weighted by atomic mass is 10.2. The number of hydrogen-bond donors (Lipinski definition) is 1. The lowest BCUT2D eigenvalue weighted by molar-refractivity contribution is 0.0906. The SMILES string of the molecule is CO[C@H]1CCCN(C(=O)NCCc2cc(C)no2)CC1. The van der Waals surface area contributed by atoms with Gasteiger partial charge in [0, 0.05) is 39.2 Å². The Bertz CT molecular complexity index is 433. The van der Waals surface area contributed by atoms with Crippen LogP contribution in [0.2, 0.25) is 0 Å². The van der Waals surface area contributed by atoms with Crippen LogP contribution in [0.3, 0.4) is 0 Å². The molecule has 2 amide bonds. The quantitative estimate of drug-likeness (QED) is 0.912. The van der Waals surface area contributed by atoms with Gasteiger partial charge in [0.15, 0.2) is 0 Å². The van der Waals surface area contributed by atoms with E-state index in [0.29, 0.717) is 13.0 Å². The number of rotatable bonds is 4. The van der Waals surface area contributed by atoms with Gasteiger partial charge in [-0.3, -0.25) is 0 Å². The third-order valence-corrected chi connectivity index (χ3v) is 3.62. The predicted molar refractivity (Wildman–Crippen MR) is 74.6 cm³/mol. The molecule has 0 bridgehead atoms. The molecule has 1 aliphatic heterocycles. The van der Waals surface area contributed by atoms with Crippen LogP contribution in [-0.4, -0.2) is 48.9 Å². The molecule has 112 valence electrons. The van der Waals surface area contributed by atoms with Crippen molar-refractivity contribution < 1.29 is 14.1 Å². The molecule has 0 aromatic carbocycles. The summed E-state index contributed by atoms with van der Waals surface area (Å²) in [6, 6.07) is 1.89. The molecular weight excluding hydrogens is 258 g/mol. The molecule has 1 atom stereocenters. The first kappa shape index (κ1) is 14.8. The molecule has 6 heteroatoms. The topological polar surface area (TPSA) is 67.6 Å². The van der Waals surface area contributed by atoms with Crippen LogP contribution in [0.1, 0.15) is 30.7 Å². The smallest absolute Gasteiger partial charge is 0.317 e. The number of ether oxygens (including phenoxy) is 1. The van der Waals surface area contributed by atoms with Gasteiger partial charge in [-0.2, -0.15) is 0 Å². The average Bonchev–Trinajstić information content (AvgIpc) is 2.72. The fourth-order valence-electron chi connectivity index (χ4n) is 2.44. The van der Waals surface area contributed by atoms with E-state index in [2.05, 4.69) is 10.5 Å². The van der Waals surface area contributed by atoms with Gasteiger partial charge in [-0.1, -0.05) is 5.16 Å². The van der Waals surface area contributed by atoms with Crippen LogP contribution in [0.15, 0.2) is 10.6 Å². The highest BCUT2D eigenvalue weighted by Gasteiger charge is 2.19. The van der Waals surface area contributed by atoms with Gasteiger partial charge in [0.05, 0.1) is 11.8 Å². The lowest BCUT2D eigenvalue weighted by Gasteiger charge is -2.20. The number of nitrogens with one attached hydrogen (secondary N) is 1. The molecule has 1 fully saturated rings. The second kappa shape index (κ2) is 7.28. The summed E-state index contributed by atoms with van der Waals surface area (Å²) in [5.74, 6) is 0.804. The van der Waals surface area contributed by atoms with Crippen molar-refractivity contribution >= 4 is 6.03 Å². The van der Waals surface area contributed by atoms with Gasteiger partial charge in [0.1, 0.15) is 5.76 Å². The summed E-state index contributed by atoms with van der Waals surface area (Å²) >= 11 is 0. The highest BCUT2D eigenvalue weighted by atomic mass is 16.5. The van der Waals surface area contributed by atoms with Crippen LogP contribution in [0, 0.1) is 6.92 Å². The van der Waals surface area contributed by atoms with Crippen molar-refractivity contribution in [1.82, 2.24) is 15.4 Å². The first-order valence-corrected chi connectivity index (χ1v) is 7.17. The molecule has 1 aromatic rings. The van der Waals surface area contributed by atoms with E-state index in [1.807, 2.05) is 17.9 Å². The number of aryl methyl sites for hydroxylation is 1. The highest BCUT2D eigenvalue weighted by Crippen LogP contribution is 2.13. The van der Waals surface area contributed by atoms with Gasteiger partial charge < -0.3 is 19.5 Å². The van der Waals surface area contributed by atoms with Crippen molar-refractivity contribution in [3.63, 3.8) is 0 Å². The van der Waals surface area contributed by atoms with E-state index < -0.39 is 0 Å². The Balaban J connectivity index is 1.71. The summed E-state index contributed by atoms with van der Waals surface area (Å²) in [7, 11) is 1.74. The monoisotopic (exact) mass is 281 g/mol. The van der Waals surface area contributed by atoms with Crippen LogP contribution in [0.5, 0.6) is 0 Å². The first-order chi connectivity index (χ1) is 9.69. The average molecular weight is 281 g/mol. The van der Waals surface area contributed by atoms with Gasteiger partial charge in [-0.05, 0) is 26.2 Å². The third kappa shape index (κ3) is 4.23. The van der Waals surface area contributed by atoms with Gasteiger partial charge in [-0.15, -0.1) is 0 Å². The zero-order chi connectivity index (χ0) is 14.4. The fraction of sp³-hybridized carbons (Fsp3) is 0.714. The number of amides is 2. The van der Waals surface area contributed by atoms with Gasteiger partial charge >= 0.3 is 6.03 Å². The normalized spacial score (nSPS) is 19.7. The Labute approximate surface area is 119 Å². The van der Waals surface area contributed by atoms with Crippen LogP contribution < -0.4 is 5.32 Å². The maximum atomic E-state index is 12.1. The summed E-state index contributed by atoms with van der Waals surface area (Å²) in [5.41, 5.74) is 0.865. The Morgan fingerprint density at radius 3 is 3.10 bits per heavy atom. The summed E-state index contributed by atoms with van der Waals surface area (Å²) in [5, 5.41) is 6.75. The number of methoxy groups -OCH3 is 1. The molecule has 2 heterocycles. The van der Waals surface area contributed by atoms with Crippen molar-refractivity contribution in [3.05, 3.63) is 17.5 Å². The number of aromatic nitrogens is 1. The van der Waals surface area contributed by atoms with E-state index in [1.165, 1.54) is 0 Å². The standard InChI is InChI=1S/C14H23N3O3/c1-11-10-13(20-16-11)5-7-15-14(18)17-8-3-4-12(19-2)6-9-17/h10,12H,3-9H2,1-2H3,(H,15,18)/t12-/m0/s1. The summed E-state index contributed by atoms with van der Waals surface area (Å²) in [6.07, 6.45) is 3.88. The number of likely N-dealkylation sites (tertiary alicyclic amines) is 1. The lowest BCUT2D eigenvalue weighted by Crippen LogP contribution is -2.41. The fourth-order valence-corrected chi connectivity index (χ4v) is 2.44. The Morgan fingerprint density at radius 1 is 1.55 bits per heavy atom. The largest absolute Gasteiger partial charge is 0.381 e. The van der Waals surface area contributed by atoms with Crippen molar-refractivity contribution in [1.29, 1.82) is 0 Å². The predicted octanol–water partition coefficient (Wildman–Crippen LogP) is 1.74. The van der Waals surface area contributed by atoms with Crippen LogP contribution >= 0.6 is 0 Å². The molecule has 1 aromatic heterocycles. The molecule has 0 radical (unpaired) electrons. The second-order valence-electron chi connectivity index (χ2n) is 5.19. The molecular formula is C14H23N3O3. The minimum absolute atomic E-state index is 0.00186. The third-order valence-electron chi connectivity index (χ3n) is 3.62. The summed E-state index contributed by atoms with van der Waals surface area (Å²) < 4.78 is 10.5. The van der Waals surface area contributed by atoms with Crippen molar-refractivity contribution in [2.45, 2.75) is 38.7 Å². The van der Waals surface area contributed by atoms with E-state index >= 15 is 0 Å². The van der Waals surface area contributed by atoms with Gasteiger partial charge in [-0.25, -0.2) is 4.79 Å². The van der Waals surface area contributed by atoms with E-state index in [1.54, 1.807) is 7.11 Å². The van der Waals surface area contributed by atoms with Crippen molar-refractivity contribution in [2.24, 2.45) is 0 Å². The highest BCUT2D eigenvalue weighted by molar-refractivity contribution is 5.74. The second-order valence-corrected chi connectivity index (χ2v) is 5.19. The van der Waals surface area contributed by atoms with Crippen LogP contribution in [0.4, 0.5) is 4.79 Å². The maximum absolute atomic E-state index is 12.1. The molecule has 1 saturated heterocycles. The Hall–Kier alpha value is -1.56. The van der Waals surface area contributed by atoms with E-state index in [-0.39, 0.29) is 12.1 Å². The number of carbonyl (C=O) groups is 1. The maximum Gasteiger partial charge on any atom is 0.317 e. The molecule has 1 aliphatic rings. The molecule has 20 heavy (non-hydrogen) atoms. The zero-order valence-corrected chi connectivity index (χ0v) is 12.2. The minimum atomic E-state index is -0.00186. The van der Waals surface area contributed by atoms with Crippen LogP contribution in [0.25, 0.3) is 0 Å². The molecule has 0 unspecified atom stereocenters. The van der Waals surface area contributed by atoms with Crippen LogP contribution in [-0.2, 0) is 11.2 Å². The number of urea groups is 1. The molecule has 0 aliphatic carbocycles. The summed E-state index contributed by atoms with van der Waals surface area (Å²) in [6.45, 7) is 4.01. The summed E-state index contributed by atoms with van der Waals surface area (Å²) in [4.78, 5) is 13.9. The number of hydrogen-bond acceptors (Lipinski definition) is 4.